The number of halogens is 2. The van der Waals surface area contributed by atoms with Gasteiger partial charge in [-0.05, 0) is 24.8 Å². The molecule has 0 unspecified atom stereocenters. The predicted molar refractivity (Wildman–Crippen MR) is 62.8 cm³/mol. The molecule has 5 heteroatoms. The van der Waals surface area contributed by atoms with E-state index in [1.807, 2.05) is 4.90 Å². The molecule has 1 aliphatic heterocycles. The van der Waals surface area contributed by atoms with Gasteiger partial charge in [0.2, 0.25) is 0 Å². The van der Waals surface area contributed by atoms with E-state index in [0.29, 0.717) is 19.6 Å². The van der Waals surface area contributed by atoms with Crippen molar-refractivity contribution in [1.82, 2.24) is 4.98 Å². The Hall–Kier alpha value is -1.23. The lowest BCUT2D eigenvalue weighted by Crippen LogP contribution is -2.42. The molecule has 0 spiro atoms. The van der Waals surface area contributed by atoms with Gasteiger partial charge in [0.25, 0.3) is 0 Å². The van der Waals surface area contributed by atoms with E-state index >= 15 is 0 Å². The lowest BCUT2D eigenvalue weighted by molar-refractivity contribution is 0.257. The third-order valence-corrected chi connectivity index (χ3v) is 3.55. The van der Waals surface area contributed by atoms with Gasteiger partial charge in [0.1, 0.15) is 5.82 Å². The number of piperidine rings is 1. The second-order valence-corrected chi connectivity index (χ2v) is 4.96. The summed E-state index contributed by atoms with van der Waals surface area (Å²) in [5, 5.41) is 0. The van der Waals surface area contributed by atoms with Gasteiger partial charge in [-0.25, -0.2) is 13.8 Å². The van der Waals surface area contributed by atoms with Crippen molar-refractivity contribution in [2.75, 3.05) is 24.5 Å². The number of pyridine rings is 1. The summed E-state index contributed by atoms with van der Waals surface area (Å²) >= 11 is 0. The molecule has 1 aliphatic rings. The second kappa shape index (κ2) is 4.56. The first-order valence-electron chi connectivity index (χ1n) is 5.80. The molecule has 2 N–H and O–H groups in total. The number of nitrogens with zero attached hydrogens (tertiary/aromatic N) is 2. The number of rotatable bonds is 2. The number of nitrogens with two attached hydrogens (primary N) is 1. The van der Waals surface area contributed by atoms with Crippen molar-refractivity contribution in [3.63, 3.8) is 0 Å². The molecule has 0 aliphatic carbocycles. The number of aromatic nitrogens is 1. The molecular formula is C12H17F2N3. The van der Waals surface area contributed by atoms with Crippen LogP contribution in [0.5, 0.6) is 0 Å². The molecule has 0 saturated carbocycles. The van der Waals surface area contributed by atoms with Gasteiger partial charge in [0.15, 0.2) is 11.6 Å². The molecule has 2 rings (SSSR count). The zero-order valence-corrected chi connectivity index (χ0v) is 9.92. The summed E-state index contributed by atoms with van der Waals surface area (Å²) < 4.78 is 26.3. The smallest absolute Gasteiger partial charge is 0.168 e. The van der Waals surface area contributed by atoms with Crippen LogP contribution in [0.1, 0.15) is 19.8 Å². The summed E-state index contributed by atoms with van der Waals surface area (Å²) in [6.45, 7) is 4.20. The van der Waals surface area contributed by atoms with Crippen molar-refractivity contribution < 1.29 is 8.78 Å². The fourth-order valence-electron chi connectivity index (χ4n) is 2.10. The molecule has 1 fully saturated rings. The average Bonchev–Trinajstić information content (AvgIpc) is 2.31. The molecule has 0 radical (unpaired) electrons. The van der Waals surface area contributed by atoms with Crippen molar-refractivity contribution in [1.29, 1.82) is 0 Å². The van der Waals surface area contributed by atoms with E-state index in [1.54, 1.807) is 0 Å². The Morgan fingerprint density at radius 2 is 2.06 bits per heavy atom. The van der Waals surface area contributed by atoms with Crippen LogP contribution in [0.4, 0.5) is 14.6 Å². The Morgan fingerprint density at radius 1 is 1.41 bits per heavy atom. The Kier molecular flexibility index (Phi) is 3.28. The summed E-state index contributed by atoms with van der Waals surface area (Å²) in [4.78, 5) is 5.67. The van der Waals surface area contributed by atoms with Crippen molar-refractivity contribution in [3.8, 4) is 0 Å². The van der Waals surface area contributed by atoms with Crippen molar-refractivity contribution in [2.45, 2.75) is 19.8 Å². The molecule has 1 saturated heterocycles. The average molecular weight is 241 g/mol. The zero-order valence-electron chi connectivity index (χ0n) is 9.92. The van der Waals surface area contributed by atoms with E-state index in [4.69, 9.17) is 5.73 Å². The van der Waals surface area contributed by atoms with Crippen LogP contribution in [-0.4, -0.2) is 24.6 Å². The van der Waals surface area contributed by atoms with Crippen LogP contribution in [-0.2, 0) is 0 Å². The Balaban J connectivity index is 2.10. The van der Waals surface area contributed by atoms with Crippen LogP contribution in [0.25, 0.3) is 0 Å². The minimum atomic E-state index is -0.643. The molecule has 0 amide bonds. The van der Waals surface area contributed by atoms with Gasteiger partial charge in [-0.3, -0.25) is 0 Å². The molecule has 0 bridgehead atoms. The monoisotopic (exact) mass is 241 g/mol. The molecule has 0 atom stereocenters. The molecule has 94 valence electrons. The Labute approximate surface area is 99.6 Å². The van der Waals surface area contributed by atoms with E-state index in [2.05, 4.69) is 11.9 Å². The lowest BCUT2D eigenvalue weighted by atomic mass is 9.80. The predicted octanol–water partition coefficient (Wildman–Crippen LogP) is 1.93. The maximum atomic E-state index is 13.5. The van der Waals surface area contributed by atoms with Crippen molar-refractivity contribution in [3.05, 3.63) is 23.9 Å². The first kappa shape index (κ1) is 12.2. The maximum Gasteiger partial charge on any atom is 0.168 e. The molecule has 17 heavy (non-hydrogen) atoms. The van der Waals surface area contributed by atoms with Gasteiger partial charge >= 0.3 is 0 Å². The number of hydrogen-bond acceptors (Lipinski definition) is 3. The van der Waals surface area contributed by atoms with Crippen molar-refractivity contribution >= 4 is 5.82 Å². The van der Waals surface area contributed by atoms with E-state index < -0.39 is 11.6 Å². The molecule has 0 aromatic carbocycles. The summed E-state index contributed by atoms with van der Waals surface area (Å²) in [5.41, 5.74) is 5.85. The molecule has 3 nitrogen and oxygen atoms in total. The van der Waals surface area contributed by atoms with Crippen molar-refractivity contribution in [2.24, 2.45) is 11.1 Å². The lowest BCUT2D eigenvalue weighted by Gasteiger charge is -2.39. The first-order valence-corrected chi connectivity index (χ1v) is 5.80. The van der Waals surface area contributed by atoms with Crippen LogP contribution in [0, 0.1) is 17.0 Å². The largest absolute Gasteiger partial charge is 0.354 e. The highest BCUT2D eigenvalue weighted by molar-refractivity contribution is 5.40. The van der Waals surface area contributed by atoms with Crippen LogP contribution in [0.15, 0.2) is 12.3 Å². The maximum absolute atomic E-state index is 13.5. The Bertz CT molecular complexity index is 401. The third kappa shape index (κ3) is 2.54. The van der Waals surface area contributed by atoms with Crippen LogP contribution in [0.2, 0.25) is 0 Å². The summed E-state index contributed by atoms with van der Waals surface area (Å²) in [5.74, 6) is -0.998. The quantitative estimate of drug-likeness (QED) is 0.860. The molecule has 2 heterocycles. The fraction of sp³-hybridized carbons (Fsp3) is 0.583. The minimum Gasteiger partial charge on any atom is -0.354 e. The van der Waals surface area contributed by atoms with Gasteiger partial charge in [0, 0.05) is 19.2 Å². The topological polar surface area (TPSA) is 42.1 Å². The summed E-state index contributed by atoms with van der Waals surface area (Å²) in [7, 11) is 0. The van der Waals surface area contributed by atoms with Gasteiger partial charge in [-0.15, -0.1) is 0 Å². The highest BCUT2D eigenvalue weighted by Crippen LogP contribution is 2.31. The minimum absolute atomic E-state index is 0.132. The molecule has 1 aromatic heterocycles. The fourth-order valence-corrected chi connectivity index (χ4v) is 2.10. The highest BCUT2D eigenvalue weighted by Gasteiger charge is 2.30. The number of hydrogen-bond donors (Lipinski definition) is 1. The summed E-state index contributed by atoms with van der Waals surface area (Å²) in [6, 6.07) is 0.874. The first-order chi connectivity index (χ1) is 8.04. The second-order valence-electron chi connectivity index (χ2n) is 4.96. The molecule has 1 aromatic rings. The van der Waals surface area contributed by atoms with E-state index in [9.17, 15) is 8.78 Å². The van der Waals surface area contributed by atoms with Crippen LogP contribution in [0.3, 0.4) is 0 Å². The van der Waals surface area contributed by atoms with Gasteiger partial charge in [-0.1, -0.05) is 6.92 Å². The van der Waals surface area contributed by atoms with Gasteiger partial charge in [0.05, 0.1) is 6.20 Å². The highest BCUT2D eigenvalue weighted by atomic mass is 19.1. The standard InChI is InChI=1S/C12H17F2N3/c1-12(8-15)2-4-17(5-3-12)11-10(14)6-9(13)7-16-11/h6-7H,2-5,8,15H2,1H3. The Morgan fingerprint density at radius 3 is 2.59 bits per heavy atom. The van der Waals surface area contributed by atoms with Gasteiger partial charge < -0.3 is 10.6 Å². The molecular weight excluding hydrogens is 224 g/mol. The summed E-state index contributed by atoms with van der Waals surface area (Å²) in [6.07, 6.45) is 2.86. The number of anilines is 1. The van der Waals surface area contributed by atoms with E-state index in [-0.39, 0.29) is 11.2 Å². The SMILES string of the molecule is CC1(CN)CCN(c2ncc(F)cc2F)CC1. The van der Waals surface area contributed by atoms with Gasteiger partial charge in [-0.2, -0.15) is 0 Å². The normalized spacial score (nSPS) is 19.4. The van der Waals surface area contributed by atoms with Crippen LogP contribution < -0.4 is 10.6 Å². The zero-order chi connectivity index (χ0) is 12.5. The van der Waals surface area contributed by atoms with E-state index in [1.165, 1.54) is 0 Å². The van der Waals surface area contributed by atoms with E-state index in [0.717, 1.165) is 25.1 Å². The third-order valence-electron chi connectivity index (χ3n) is 3.55. The van der Waals surface area contributed by atoms with Crippen LogP contribution >= 0.6 is 0 Å².